The number of hydrogen-bond acceptors (Lipinski definition) is 6. The number of aromatic amines is 1. The van der Waals surface area contributed by atoms with Crippen molar-refractivity contribution in [2.75, 3.05) is 0 Å². The second-order valence-corrected chi connectivity index (χ2v) is 11.8. The first-order valence-electron chi connectivity index (χ1n) is 12.1. The third kappa shape index (κ3) is 1.92. The second kappa shape index (κ2) is 5.73. The number of aliphatic hydroxyl groups excluding tert-OH is 1. The predicted octanol–water partition coefficient (Wildman–Crippen LogP) is 2.93. The lowest BCUT2D eigenvalue weighted by molar-refractivity contribution is -0.271. The van der Waals surface area contributed by atoms with Crippen molar-refractivity contribution in [3.05, 3.63) is 47.2 Å². The van der Waals surface area contributed by atoms with E-state index in [0.29, 0.717) is 24.0 Å². The maximum atomic E-state index is 13.8. The van der Waals surface area contributed by atoms with Crippen LogP contribution in [0.25, 0.3) is 10.9 Å². The highest BCUT2D eigenvalue weighted by Crippen LogP contribution is 2.71. The molecule has 3 N–H and O–H groups in total. The van der Waals surface area contributed by atoms with Gasteiger partial charge in [0.05, 0.1) is 6.10 Å². The van der Waals surface area contributed by atoms with Gasteiger partial charge in [-0.1, -0.05) is 32.0 Å². The lowest BCUT2D eigenvalue weighted by atomic mass is 9.41. The van der Waals surface area contributed by atoms with E-state index in [4.69, 9.17) is 9.47 Å². The molecule has 5 aliphatic rings. The van der Waals surface area contributed by atoms with E-state index in [0.717, 1.165) is 16.6 Å². The predicted molar refractivity (Wildman–Crippen MR) is 122 cm³/mol. The highest BCUT2D eigenvalue weighted by molar-refractivity contribution is 6.14. The van der Waals surface area contributed by atoms with Crippen LogP contribution in [-0.2, 0) is 19.7 Å². The van der Waals surface area contributed by atoms with Gasteiger partial charge in [-0.15, -0.1) is 0 Å². The van der Waals surface area contributed by atoms with Gasteiger partial charge in [0, 0.05) is 50.9 Å². The van der Waals surface area contributed by atoms with Crippen molar-refractivity contribution in [1.82, 2.24) is 4.98 Å². The monoisotopic (exact) mass is 463 g/mol. The van der Waals surface area contributed by atoms with Gasteiger partial charge in [0.25, 0.3) is 0 Å². The molecule has 2 saturated carbocycles. The van der Waals surface area contributed by atoms with Crippen LogP contribution in [0.4, 0.5) is 0 Å². The largest absolute Gasteiger partial charge is 0.390 e. The van der Waals surface area contributed by atoms with Gasteiger partial charge in [0.2, 0.25) is 0 Å². The Balaban J connectivity index is 1.48. The number of aromatic nitrogens is 1. The number of Topliss-reactive ketones (excluding diaryl/α,β-unsaturated/α-hetero) is 1. The zero-order valence-corrected chi connectivity index (χ0v) is 19.8. The van der Waals surface area contributed by atoms with Gasteiger partial charge in [-0.25, -0.2) is 0 Å². The van der Waals surface area contributed by atoms with Crippen LogP contribution < -0.4 is 0 Å². The van der Waals surface area contributed by atoms with E-state index >= 15 is 0 Å². The third-order valence-corrected chi connectivity index (χ3v) is 10.1. The first kappa shape index (κ1) is 21.0. The fourth-order valence-corrected chi connectivity index (χ4v) is 8.23. The van der Waals surface area contributed by atoms with Crippen molar-refractivity contribution in [2.45, 2.75) is 81.6 Å². The maximum Gasteiger partial charge on any atom is 0.195 e. The smallest absolute Gasteiger partial charge is 0.195 e. The Morgan fingerprint density at radius 1 is 1.09 bits per heavy atom. The van der Waals surface area contributed by atoms with E-state index in [1.807, 2.05) is 52.0 Å². The van der Waals surface area contributed by atoms with Crippen LogP contribution in [0.2, 0.25) is 0 Å². The van der Waals surface area contributed by atoms with Crippen molar-refractivity contribution in [1.29, 1.82) is 0 Å². The van der Waals surface area contributed by atoms with Crippen LogP contribution in [0.15, 0.2) is 35.9 Å². The van der Waals surface area contributed by atoms with Crippen molar-refractivity contribution < 1.29 is 29.3 Å². The molecule has 7 atom stereocenters. The van der Waals surface area contributed by atoms with Gasteiger partial charge in [-0.3, -0.25) is 9.59 Å². The van der Waals surface area contributed by atoms with E-state index < -0.39 is 45.9 Å². The molecule has 7 heteroatoms. The summed E-state index contributed by atoms with van der Waals surface area (Å²) in [6.07, 6.45) is 0.413. The summed E-state index contributed by atoms with van der Waals surface area (Å²) < 4.78 is 12.6. The molecule has 1 saturated heterocycles. The minimum Gasteiger partial charge on any atom is -0.390 e. The number of hydrogen-bond donors (Lipinski definition) is 3. The summed E-state index contributed by atoms with van der Waals surface area (Å²) in [7, 11) is 0. The van der Waals surface area contributed by atoms with Gasteiger partial charge in [0.15, 0.2) is 23.5 Å². The SMILES string of the molecule is CC1(C)OC23CC[C@]4(C)[C@@]5(C)c6[nH]c7ccccc7c6C(=O)[C@@H]5C[C@H](O)[C@@]4(O)C2=CC(=O)[C@@H]1O3. The van der Waals surface area contributed by atoms with Gasteiger partial charge >= 0.3 is 0 Å². The highest BCUT2D eigenvalue weighted by atomic mass is 16.8. The van der Waals surface area contributed by atoms with Crippen LogP contribution in [0.1, 0.15) is 63.0 Å². The standard InChI is InChI=1S/C27H29NO6/c1-23(2)22-16(29)12-17-26(33-22,34-23)10-9-24(3)25(4)14(11-18(30)27(17,24)32)20(31)19-13-7-5-6-8-15(13)28-21(19)25/h5-8,12,14,18,22,28,30,32H,9-11H2,1-4H3/t14-,18-,22-,24+,25+,26?,27-/m0/s1. The van der Waals surface area contributed by atoms with E-state index in [2.05, 4.69) is 4.98 Å². The molecule has 1 unspecified atom stereocenters. The first-order valence-corrected chi connectivity index (χ1v) is 12.1. The molecule has 3 heterocycles. The van der Waals surface area contributed by atoms with Crippen LogP contribution in [-0.4, -0.2) is 56.0 Å². The first-order chi connectivity index (χ1) is 15.9. The van der Waals surface area contributed by atoms with Crippen LogP contribution in [0.5, 0.6) is 0 Å². The molecule has 0 amide bonds. The summed E-state index contributed by atoms with van der Waals surface area (Å²) in [4.78, 5) is 30.4. The lowest BCUT2D eigenvalue weighted by Crippen LogP contribution is -2.74. The molecule has 0 radical (unpaired) electrons. The van der Waals surface area contributed by atoms with Gasteiger partial charge in [-0.05, 0) is 38.8 Å². The number of H-pyrrole nitrogens is 1. The molecule has 7 rings (SSSR count). The molecule has 3 aliphatic carbocycles. The normalized spacial score (nSPS) is 46.1. The lowest BCUT2D eigenvalue weighted by Gasteiger charge is -2.66. The fraction of sp³-hybridized carbons (Fsp3) is 0.556. The number of rotatable bonds is 0. The molecule has 1 aromatic heterocycles. The second-order valence-electron chi connectivity index (χ2n) is 11.8. The minimum absolute atomic E-state index is 0.000764. The summed E-state index contributed by atoms with van der Waals surface area (Å²) in [5.74, 6) is -2.01. The van der Waals surface area contributed by atoms with E-state index in [9.17, 15) is 19.8 Å². The number of benzene rings is 1. The molecular weight excluding hydrogens is 434 g/mol. The number of fused-ring (bicyclic) bond motifs is 9. The Hall–Kier alpha value is -2.32. The maximum absolute atomic E-state index is 13.8. The Labute approximate surface area is 197 Å². The van der Waals surface area contributed by atoms with Crippen LogP contribution in [0.3, 0.4) is 0 Å². The summed E-state index contributed by atoms with van der Waals surface area (Å²) in [5, 5.41) is 25.0. The number of carbonyl (C=O) groups excluding carboxylic acids is 2. The summed E-state index contributed by atoms with van der Waals surface area (Å²) in [6, 6.07) is 7.73. The zero-order chi connectivity index (χ0) is 24.1. The molecule has 1 aromatic carbocycles. The number of para-hydroxylation sites is 1. The number of ether oxygens (including phenoxy) is 2. The molecular formula is C27H29NO6. The Kier molecular flexibility index (Phi) is 3.54. The molecule has 1 spiro atoms. The summed E-state index contributed by atoms with van der Waals surface area (Å²) >= 11 is 0. The fourth-order valence-electron chi connectivity index (χ4n) is 8.23. The molecule has 178 valence electrons. The van der Waals surface area contributed by atoms with Gasteiger partial charge < -0.3 is 24.7 Å². The third-order valence-electron chi connectivity index (χ3n) is 10.1. The molecule has 2 bridgehead atoms. The quantitative estimate of drug-likeness (QED) is 0.554. The van der Waals surface area contributed by atoms with E-state index in [-0.39, 0.29) is 18.0 Å². The number of carbonyl (C=O) groups is 2. The van der Waals surface area contributed by atoms with Crippen molar-refractivity contribution in [2.24, 2.45) is 11.3 Å². The topological polar surface area (TPSA) is 109 Å². The number of nitrogens with one attached hydrogen (secondary N) is 1. The van der Waals surface area contributed by atoms with E-state index in [1.165, 1.54) is 6.08 Å². The summed E-state index contributed by atoms with van der Waals surface area (Å²) in [5.41, 5.74) is -1.77. The van der Waals surface area contributed by atoms with Gasteiger partial charge in [-0.2, -0.15) is 0 Å². The van der Waals surface area contributed by atoms with Crippen LogP contribution >= 0.6 is 0 Å². The molecule has 2 aliphatic heterocycles. The van der Waals surface area contributed by atoms with E-state index in [1.54, 1.807) is 0 Å². The average molecular weight is 464 g/mol. The minimum atomic E-state index is -1.81. The number of ketones is 2. The van der Waals surface area contributed by atoms with Crippen molar-refractivity contribution >= 4 is 22.5 Å². The highest BCUT2D eigenvalue weighted by Gasteiger charge is 2.78. The average Bonchev–Trinajstić information content (AvgIpc) is 3.35. The summed E-state index contributed by atoms with van der Waals surface area (Å²) in [6.45, 7) is 7.61. The molecule has 3 fully saturated rings. The Morgan fingerprint density at radius 2 is 1.82 bits per heavy atom. The molecule has 7 nitrogen and oxygen atoms in total. The Morgan fingerprint density at radius 3 is 2.59 bits per heavy atom. The zero-order valence-electron chi connectivity index (χ0n) is 19.8. The molecule has 2 aromatic rings. The van der Waals surface area contributed by atoms with Gasteiger partial charge in [0.1, 0.15) is 11.2 Å². The Bertz CT molecular complexity index is 1360. The molecule has 34 heavy (non-hydrogen) atoms. The van der Waals surface area contributed by atoms with Crippen molar-refractivity contribution in [3.8, 4) is 0 Å². The number of aliphatic hydroxyl groups is 2. The van der Waals surface area contributed by atoms with Crippen LogP contribution in [0, 0.1) is 11.3 Å². The van der Waals surface area contributed by atoms with Crippen molar-refractivity contribution in [3.63, 3.8) is 0 Å².